The molecule has 0 spiro atoms. The van der Waals surface area contributed by atoms with Gasteiger partial charge in [-0.2, -0.15) is 0 Å². The van der Waals surface area contributed by atoms with E-state index in [9.17, 15) is 9.90 Å². The Morgan fingerprint density at radius 3 is 2.54 bits per heavy atom. The fraction of sp³-hybridized carbons (Fsp3) is 0.333. The van der Waals surface area contributed by atoms with Crippen LogP contribution in [-0.2, 0) is 18.3 Å². The third-order valence-corrected chi connectivity index (χ3v) is 4.64. The van der Waals surface area contributed by atoms with E-state index in [-0.39, 0.29) is 0 Å². The predicted molar refractivity (Wildman–Crippen MR) is 102 cm³/mol. The summed E-state index contributed by atoms with van der Waals surface area (Å²) in [7, 11) is 2.07. The normalized spacial score (nSPS) is 11.7. The van der Waals surface area contributed by atoms with E-state index in [4.69, 9.17) is 4.74 Å². The molecule has 0 aliphatic heterocycles. The second kappa shape index (κ2) is 6.83. The molecule has 3 rings (SSSR count). The van der Waals surface area contributed by atoms with Gasteiger partial charge in [-0.1, -0.05) is 13.3 Å². The summed E-state index contributed by atoms with van der Waals surface area (Å²) in [6, 6.07) is 9.77. The molecule has 0 fully saturated rings. The zero-order valence-electron chi connectivity index (χ0n) is 15.6. The van der Waals surface area contributed by atoms with E-state index in [2.05, 4.69) is 23.5 Å². The maximum atomic E-state index is 11.4. The van der Waals surface area contributed by atoms with Crippen LogP contribution in [-0.4, -0.2) is 26.2 Å². The van der Waals surface area contributed by atoms with E-state index in [1.54, 1.807) is 26.2 Å². The number of aliphatic carboxylic acids is 1. The number of hydrogen-bond donors (Lipinski definition) is 1. The lowest BCUT2D eigenvalue weighted by molar-refractivity contribution is -0.152. The number of carboxylic acids is 1. The monoisotopic (exact) mass is 352 g/mol. The highest BCUT2D eigenvalue weighted by atomic mass is 16.5. The molecule has 5 nitrogen and oxygen atoms in total. The van der Waals surface area contributed by atoms with Crippen LogP contribution in [0.3, 0.4) is 0 Å². The second-order valence-electron chi connectivity index (χ2n) is 6.96. The van der Waals surface area contributed by atoms with Crippen LogP contribution < -0.4 is 4.74 Å². The maximum absolute atomic E-state index is 11.4. The number of carboxylic acid groups (broad SMARTS) is 1. The van der Waals surface area contributed by atoms with Crippen molar-refractivity contribution in [1.29, 1.82) is 0 Å². The van der Waals surface area contributed by atoms with Crippen molar-refractivity contribution in [3.63, 3.8) is 0 Å². The first-order chi connectivity index (χ1) is 12.3. The molecule has 136 valence electrons. The smallest absolute Gasteiger partial charge is 0.347 e. The molecule has 0 atom stereocenters. The molecule has 0 saturated heterocycles. The second-order valence-corrected chi connectivity index (χ2v) is 6.96. The lowest BCUT2D eigenvalue weighted by atomic mass is 10.0. The topological polar surface area (TPSA) is 64.3 Å². The highest BCUT2D eigenvalue weighted by Gasteiger charge is 2.29. The Bertz CT molecular complexity index is 943. The molecule has 1 aromatic carbocycles. The van der Waals surface area contributed by atoms with Gasteiger partial charge in [-0.15, -0.1) is 0 Å². The quantitative estimate of drug-likeness (QED) is 0.712. The summed E-state index contributed by atoms with van der Waals surface area (Å²) < 4.78 is 7.96. The van der Waals surface area contributed by atoms with Gasteiger partial charge in [0.15, 0.2) is 5.60 Å². The average Bonchev–Trinajstić information content (AvgIpc) is 2.87. The van der Waals surface area contributed by atoms with Gasteiger partial charge in [0.05, 0.1) is 0 Å². The molecule has 2 heterocycles. The molecule has 1 N–H and O–H groups in total. The Morgan fingerprint density at radius 2 is 1.92 bits per heavy atom. The van der Waals surface area contributed by atoms with E-state index < -0.39 is 11.6 Å². The first kappa shape index (κ1) is 18.0. The van der Waals surface area contributed by atoms with Crippen molar-refractivity contribution >= 4 is 16.9 Å². The summed E-state index contributed by atoms with van der Waals surface area (Å²) in [6.07, 6.45) is 5.58. The number of pyridine rings is 1. The summed E-state index contributed by atoms with van der Waals surface area (Å²) in [5.74, 6) is -0.444. The van der Waals surface area contributed by atoms with Crippen molar-refractivity contribution in [2.45, 2.75) is 39.2 Å². The Balaban J connectivity index is 2.20. The van der Waals surface area contributed by atoms with E-state index in [0.29, 0.717) is 5.75 Å². The molecule has 0 aliphatic rings. The number of aromatic nitrogens is 2. The first-order valence-electron chi connectivity index (χ1n) is 8.79. The van der Waals surface area contributed by atoms with E-state index in [0.717, 1.165) is 34.9 Å². The standard InChI is InChI=1S/C21H24N2O3/c1-5-6-18-19(14-9-11-22-12-10-14)16-13-15(7-8-17(16)23(18)4)26-21(2,3)20(24)25/h7-13H,5-6H2,1-4H3,(H,24,25). The molecule has 2 aromatic heterocycles. The Kier molecular flexibility index (Phi) is 4.72. The van der Waals surface area contributed by atoms with Gasteiger partial charge in [0.2, 0.25) is 0 Å². The minimum Gasteiger partial charge on any atom is -0.478 e. The minimum absolute atomic E-state index is 0.550. The van der Waals surface area contributed by atoms with Gasteiger partial charge < -0.3 is 14.4 Å². The van der Waals surface area contributed by atoms with Crippen LogP contribution in [0, 0.1) is 0 Å². The van der Waals surface area contributed by atoms with Gasteiger partial charge in [-0.05, 0) is 56.2 Å². The molecule has 5 heteroatoms. The van der Waals surface area contributed by atoms with Gasteiger partial charge >= 0.3 is 5.97 Å². The molecular weight excluding hydrogens is 328 g/mol. The average molecular weight is 352 g/mol. The largest absolute Gasteiger partial charge is 0.478 e. The molecule has 0 amide bonds. The number of carbonyl (C=O) groups is 1. The molecule has 0 bridgehead atoms. The van der Waals surface area contributed by atoms with Crippen molar-refractivity contribution in [2.24, 2.45) is 7.05 Å². The van der Waals surface area contributed by atoms with Crippen LogP contribution >= 0.6 is 0 Å². The number of rotatable bonds is 6. The Hall–Kier alpha value is -2.82. The van der Waals surface area contributed by atoms with Crippen molar-refractivity contribution in [1.82, 2.24) is 9.55 Å². The summed E-state index contributed by atoms with van der Waals surface area (Å²) in [4.78, 5) is 15.5. The first-order valence-corrected chi connectivity index (χ1v) is 8.79. The Morgan fingerprint density at radius 1 is 1.23 bits per heavy atom. The molecule has 0 unspecified atom stereocenters. The van der Waals surface area contributed by atoms with Gasteiger partial charge in [0, 0.05) is 41.6 Å². The van der Waals surface area contributed by atoms with Crippen LogP contribution in [0.15, 0.2) is 42.7 Å². The van der Waals surface area contributed by atoms with Crippen molar-refractivity contribution < 1.29 is 14.6 Å². The lowest BCUT2D eigenvalue weighted by Gasteiger charge is -2.21. The minimum atomic E-state index is -1.29. The number of aryl methyl sites for hydroxylation is 1. The summed E-state index contributed by atoms with van der Waals surface area (Å²) in [5.41, 5.74) is 3.32. The molecule has 0 radical (unpaired) electrons. The van der Waals surface area contributed by atoms with Gasteiger partial charge in [-0.3, -0.25) is 4.98 Å². The number of hydrogen-bond acceptors (Lipinski definition) is 3. The Labute approximate surface area is 153 Å². The van der Waals surface area contributed by atoms with E-state index in [1.165, 1.54) is 5.69 Å². The molecule has 0 aliphatic carbocycles. The fourth-order valence-electron chi connectivity index (χ4n) is 3.25. The summed E-state index contributed by atoms with van der Waals surface area (Å²) in [6.45, 7) is 5.27. The zero-order valence-corrected chi connectivity index (χ0v) is 15.6. The third kappa shape index (κ3) is 3.17. The molecule has 3 aromatic rings. The van der Waals surface area contributed by atoms with Crippen LogP contribution in [0.5, 0.6) is 5.75 Å². The van der Waals surface area contributed by atoms with Crippen molar-refractivity contribution in [3.8, 4) is 16.9 Å². The van der Waals surface area contributed by atoms with Crippen LogP contribution in [0.1, 0.15) is 32.9 Å². The van der Waals surface area contributed by atoms with Gasteiger partial charge in [0.25, 0.3) is 0 Å². The van der Waals surface area contributed by atoms with Crippen LogP contribution in [0.25, 0.3) is 22.0 Å². The summed E-state index contributed by atoms with van der Waals surface area (Å²) >= 11 is 0. The molecule has 0 saturated carbocycles. The number of fused-ring (bicyclic) bond motifs is 1. The number of ether oxygens (including phenoxy) is 1. The van der Waals surface area contributed by atoms with E-state index in [1.807, 2.05) is 30.3 Å². The van der Waals surface area contributed by atoms with Gasteiger partial charge in [0.1, 0.15) is 5.75 Å². The third-order valence-electron chi connectivity index (χ3n) is 4.64. The zero-order chi connectivity index (χ0) is 18.9. The van der Waals surface area contributed by atoms with Gasteiger partial charge in [-0.25, -0.2) is 4.79 Å². The fourth-order valence-corrected chi connectivity index (χ4v) is 3.25. The number of benzene rings is 1. The van der Waals surface area contributed by atoms with Crippen LogP contribution in [0.2, 0.25) is 0 Å². The maximum Gasteiger partial charge on any atom is 0.347 e. The van der Waals surface area contributed by atoms with Crippen molar-refractivity contribution in [3.05, 3.63) is 48.4 Å². The van der Waals surface area contributed by atoms with E-state index >= 15 is 0 Å². The summed E-state index contributed by atoms with van der Waals surface area (Å²) in [5, 5.41) is 10.4. The number of nitrogens with zero attached hydrogens (tertiary/aromatic N) is 2. The molecule has 26 heavy (non-hydrogen) atoms. The van der Waals surface area contributed by atoms with Crippen LogP contribution in [0.4, 0.5) is 0 Å². The molecular formula is C21H24N2O3. The highest BCUT2D eigenvalue weighted by molar-refractivity contribution is 5.99. The predicted octanol–water partition coefficient (Wildman–Crippen LogP) is 4.43. The van der Waals surface area contributed by atoms with Crippen molar-refractivity contribution in [2.75, 3.05) is 0 Å². The lowest BCUT2D eigenvalue weighted by Crippen LogP contribution is -2.37. The highest BCUT2D eigenvalue weighted by Crippen LogP contribution is 2.37. The SMILES string of the molecule is CCCc1c(-c2ccncc2)c2cc(OC(C)(C)C(=O)O)ccc2n1C.